The first-order valence-electron chi connectivity index (χ1n) is 4.48. The van der Waals surface area contributed by atoms with Crippen LogP contribution in [-0.4, -0.2) is 31.9 Å². The lowest BCUT2D eigenvalue weighted by Crippen LogP contribution is -2.32. The summed E-state index contributed by atoms with van der Waals surface area (Å²) >= 11 is 5.86. The molecule has 0 aromatic heterocycles. The SMILES string of the molecule is Cc1ccc(C(=O)N(C)S(C)(=O)=O)cc1Cl. The van der Waals surface area contributed by atoms with Gasteiger partial charge in [-0.1, -0.05) is 17.7 Å². The van der Waals surface area contributed by atoms with E-state index >= 15 is 0 Å². The zero-order valence-electron chi connectivity index (χ0n) is 9.19. The van der Waals surface area contributed by atoms with Crippen LogP contribution in [0.5, 0.6) is 0 Å². The van der Waals surface area contributed by atoms with Crippen LogP contribution in [0.3, 0.4) is 0 Å². The molecule has 1 aromatic carbocycles. The Labute approximate surface area is 99.9 Å². The van der Waals surface area contributed by atoms with Crippen LogP contribution in [0.15, 0.2) is 18.2 Å². The molecule has 0 saturated carbocycles. The zero-order valence-corrected chi connectivity index (χ0v) is 10.8. The molecule has 0 atom stereocenters. The van der Waals surface area contributed by atoms with Crippen LogP contribution in [0.25, 0.3) is 0 Å². The fraction of sp³-hybridized carbons (Fsp3) is 0.300. The molecular formula is C10H12ClNO3S. The lowest BCUT2D eigenvalue weighted by atomic mass is 10.1. The Morgan fingerprint density at radius 3 is 2.38 bits per heavy atom. The molecule has 0 saturated heterocycles. The minimum Gasteiger partial charge on any atom is -0.268 e. The van der Waals surface area contributed by atoms with Crippen LogP contribution >= 0.6 is 11.6 Å². The summed E-state index contributed by atoms with van der Waals surface area (Å²) in [6.07, 6.45) is 0.973. The highest BCUT2D eigenvalue weighted by Gasteiger charge is 2.20. The Morgan fingerprint density at radius 2 is 1.94 bits per heavy atom. The second-order valence-electron chi connectivity index (χ2n) is 3.50. The van der Waals surface area contributed by atoms with E-state index in [1.165, 1.54) is 13.1 Å². The van der Waals surface area contributed by atoms with E-state index < -0.39 is 15.9 Å². The van der Waals surface area contributed by atoms with Gasteiger partial charge in [-0.25, -0.2) is 12.7 Å². The van der Waals surface area contributed by atoms with Crippen LogP contribution in [0, 0.1) is 6.92 Å². The third kappa shape index (κ3) is 2.74. The quantitative estimate of drug-likeness (QED) is 0.814. The molecule has 0 fully saturated rings. The first-order chi connectivity index (χ1) is 7.23. The third-order valence-electron chi connectivity index (χ3n) is 2.20. The van der Waals surface area contributed by atoms with Gasteiger partial charge < -0.3 is 0 Å². The number of nitrogens with zero attached hydrogens (tertiary/aromatic N) is 1. The average molecular weight is 262 g/mol. The van der Waals surface area contributed by atoms with Gasteiger partial charge in [-0.05, 0) is 24.6 Å². The highest BCUT2D eigenvalue weighted by Crippen LogP contribution is 2.18. The lowest BCUT2D eigenvalue weighted by Gasteiger charge is -2.14. The molecule has 1 amide bonds. The molecular weight excluding hydrogens is 250 g/mol. The van der Waals surface area contributed by atoms with Crippen molar-refractivity contribution < 1.29 is 13.2 Å². The maximum atomic E-state index is 11.7. The number of aryl methyl sites for hydroxylation is 1. The van der Waals surface area contributed by atoms with Gasteiger partial charge in [-0.15, -0.1) is 0 Å². The molecule has 0 N–H and O–H groups in total. The number of hydrogen-bond donors (Lipinski definition) is 0. The molecule has 4 nitrogen and oxygen atoms in total. The first-order valence-corrected chi connectivity index (χ1v) is 6.70. The summed E-state index contributed by atoms with van der Waals surface area (Å²) in [7, 11) is -2.32. The van der Waals surface area contributed by atoms with Crippen LogP contribution in [0.4, 0.5) is 0 Å². The number of hydrogen-bond acceptors (Lipinski definition) is 3. The summed E-state index contributed by atoms with van der Waals surface area (Å²) in [6, 6.07) is 4.68. The van der Waals surface area contributed by atoms with E-state index in [-0.39, 0.29) is 5.56 Å². The van der Waals surface area contributed by atoms with Gasteiger partial charge in [0.05, 0.1) is 6.26 Å². The topological polar surface area (TPSA) is 54.5 Å². The van der Waals surface area contributed by atoms with E-state index in [9.17, 15) is 13.2 Å². The summed E-state index contributed by atoms with van der Waals surface area (Å²) in [5.41, 5.74) is 1.09. The van der Waals surface area contributed by atoms with Gasteiger partial charge in [0.15, 0.2) is 0 Å². The van der Waals surface area contributed by atoms with Crippen LogP contribution in [0.1, 0.15) is 15.9 Å². The number of rotatable bonds is 2. The van der Waals surface area contributed by atoms with Crippen molar-refractivity contribution in [1.29, 1.82) is 0 Å². The van der Waals surface area contributed by atoms with E-state index in [1.807, 2.05) is 0 Å². The maximum absolute atomic E-state index is 11.7. The molecule has 16 heavy (non-hydrogen) atoms. The minimum atomic E-state index is -3.53. The Morgan fingerprint density at radius 1 is 1.38 bits per heavy atom. The molecule has 0 radical (unpaired) electrons. The second-order valence-corrected chi connectivity index (χ2v) is 5.92. The van der Waals surface area contributed by atoms with Crippen molar-refractivity contribution in [2.45, 2.75) is 6.92 Å². The number of carbonyl (C=O) groups is 1. The normalized spacial score (nSPS) is 11.2. The standard InChI is InChI=1S/C10H12ClNO3S/c1-7-4-5-8(6-9(7)11)10(13)12(2)16(3,14)15/h4-6H,1-3H3. The maximum Gasteiger partial charge on any atom is 0.267 e. The van der Waals surface area contributed by atoms with Gasteiger partial charge in [0.25, 0.3) is 5.91 Å². The Balaban J connectivity index is 3.11. The molecule has 0 aliphatic rings. The summed E-state index contributed by atoms with van der Waals surface area (Å²) < 4.78 is 23.0. The molecule has 0 unspecified atom stereocenters. The van der Waals surface area contributed by atoms with Gasteiger partial charge in [0, 0.05) is 17.6 Å². The third-order valence-corrected chi connectivity index (χ3v) is 3.77. The van der Waals surface area contributed by atoms with Crippen molar-refractivity contribution >= 4 is 27.5 Å². The largest absolute Gasteiger partial charge is 0.268 e. The summed E-state index contributed by atoms with van der Waals surface area (Å²) in [5, 5.41) is 0.438. The predicted molar refractivity (Wildman–Crippen MR) is 63.1 cm³/mol. The number of amides is 1. The van der Waals surface area contributed by atoms with E-state index in [1.54, 1.807) is 19.1 Å². The smallest absolute Gasteiger partial charge is 0.267 e. The van der Waals surface area contributed by atoms with Crippen molar-refractivity contribution in [2.24, 2.45) is 0 Å². The Hall–Kier alpha value is -1.07. The summed E-state index contributed by atoms with van der Waals surface area (Å²) in [6.45, 7) is 1.80. The molecule has 88 valence electrons. The Bertz CT molecular complexity index is 525. The highest BCUT2D eigenvalue weighted by atomic mass is 35.5. The van der Waals surface area contributed by atoms with Gasteiger partial charge in [0.1, 0.15) is 0 Å². The molecule has 6 heteroatoms. The molecule has 0 aliphatic heterocycles. The summed E-state index contributed by atoms with van der Waals surface area (Å²) in [4.78, 5) is 11.7. The average Bonchev–Trinajstić information content (AvgIpc) is 2.18. The number of benzene rings is 1. The molecule has 0 spiro atoms. The van der Waals surface area contributed by atoms with Crippen molar-refractivity contribution in [3.63, 3.8) is 0 Å². The van der Waals surface area contributed by atoms with Crippen molar-refractivity contribution in [1.82, 2.24) is 4.31 Å². The number of carbonyl (C=O) groups excluding carboxylic acids is 1. The fourth-order valence-electron chi connectivity index (χ4n) is 1.06. The minimum absolute atomic E-state index is 0.253. The van der Waals surface area contributed by atoms with Crippen LogP contribution in [-0.2, 0) is 10.0 Å². The monoisotopic (exact) mass is 261 g/mol. The fourth-order valence-corrected chi connectivity index (χ4v) is 1.65. The van der Waals surface area contributed by atoms with Crippen LogP contribution in [0.2, 0.25) is 5.02 Å². The van der Waals surface area contributed by atoms with Crippen molar-refractivity contribution in [3.8, 4) is 0 Å². The zero-order chi connectivity index (χ0) is 12.5. The van der Waals surface area contributed by atoms with Gasteiger partial charge in [0.2, 0.25) is 10.0 Å². The van der Waals surface area contributed by atoms with Gasteiger partial charge in [-0.2, -0.15) is 0 Å². The first kappa shape index (κ1) is 13.0. The van der Waals surface area contributed by atoms with E-state index in [0.29, 0.717) is 9.33 Å². The number of halogens is 1. The second kappa shape index (κ2) is 4.43. The number of sulfonamides is 1. The Kier molecular flexibility index (Phi) is 3.60. The molecule has 1 aromatic rings. The van der Waals surface area contributed by atoms with Crippen LogP contribution < -0.4 is 0 Å². The van der Waals surface area contributed by atoms with E-state index in [4.69, 9.17) is 11.6 Å². The highest BCUT2D eigenvalue weighted by molar-refractivity contribution is 7.88. The van der Waals surface area contributed by atoms with E-state index in [2.05, 4.69) is 0 Å². The predicted octanol–water partition coefficient (Wildman–Crippen LogP) is 1.68. The lowest BCUT2D eigenvalue weighted by molar-refractivity contribution is 0.0884. The molecule has 0 bridgehead atoms. The van der Waals surface area contributed by atoms with Gasteiger partial charge >= 0.3 is 0 Å². The molecule has 0 aliphatic carbocycles. The van der Waals surface area contributed by atoms with Gasteiger partial charge in [-0.3, -0.25) is 4.79 Å². The molecule has 1 rings (SSSR count). The summed E-state index contributed by atoms with van der Waals surface area (Å²) in [5.74, 6) is -0.593. The van der Waals surface area contributed by atoms with E-state index in [0.717, 1.165) is 11.8 Å². The van der Waals surface area contributed by atoms with Crippen molar-refractivity contribution in [2.75, 3.05) is 13.3 Å². The molecule has 0 heterocycles. The van der Waals surface area contributed by atoms with Crippen molar-refractivity contribution in [3.05, 3.63) is 34.3 Å².